The van der Waals surface area contributed by atoms with Gasteiger partial charge in [-0.1, -0.05) is 48.0 Å². The van der Waals surface area contributed by atoms with Gasteiger partial charge in [-0.05, 0) is 31.0 Å². The van der Waals surface area contributed by atoms with Crippen LogP contribution >= 0.6 is 0 Å². The van der Waals surface area contributed by atoms with Crippen molar-refractivity contribution in [2.24, 2.45) is 0 Å². The first-order valence-corrected chi connectivity index (χ1v) is 7.25. The Morgan fingerprint density at radius 1 is 1.18 bits per heavy atom. The molecule has 0 saturated carbocycles. The third kappa shape index (κ3) is 4.33. The number of carbonyl (C=O) groups excluding carboxylic acids is 1. The van der Waals surface area contributed by atoms with Crippen LogP contribution in [-0.2, 0) is 4.79 Å². The minimum absolute atomic E-state index is 0.0762. The molecule has 4 nitrogen and oxygen atoms in total. The molecule has 0 heterocycles. The van der Waals surface area contributed by atoms with Crippen molar-refractivity contribution in [2.45, 2.75) is 19.9 Å². The lowest BCUT2D eigenvalue weighted by atomic mass is 10.1. The van der Waals surface area contributed by atoms with Crippen LogP contribution in [0.5, 0.6) is 5.75 Å². The lowest BCUT2D eigenvalue weighted by molar-refractivity contribution is -0.124. The standard InChI is InChI=1S/C18H21NO3/c1-13-8-9-17(14(2)10-13)22-12-18(21)19-16(11-20)15-6-4-3-5-7-15/h3-10,16,20H,11-12H2,1-2H3,(H,19,21). The third-order valence-corrected chi connectivity index (χ3v) is 3.41. The van der Waals surface area contributed by atoms with Crippen LogP contribution < -0.4 is 10.1 Å². The van der Waals surface area contributed by atoms with Gasteiger partial charge in [0.05, 0.1) is 12.6 Å². The van der Waals surface area contributed by atoms with Gasteiger partial charge in [0.1, 0.15) is 5.75 Å². The van der Waals surface area contributed by atoms with E-state index in [1.165, 1.54) is 0 Å². The fourth-order valence-corrected chi connectivity index (χ4v) is 2.26. The van der Waals surface area contributed by atoms with E-state index < -0.39 is 6.04 Å². The summed E-state index contributed by atoms with van der Waals surface area (Å²) in [5, 5.41) is 12.2. The van der Waals surface area contributed by atoms with Gasteiger partial charge >= 0.3 is 0 Å². The Hall–Kier alpha value is -2.33. The molecule has 2 aromatic carbocycles. The maximum Gasteiger partial charge on any atom is 0.258 e. The number of carbonyl (C=O) groups is 1. The lowest BCUT2D eigenvalue weighted by Crippen LogP contribution is -2.34. The molecule has 0 spiro atoms. The minimum atomic E-state index is -0.420. The summed E-state index contributed by atoms with van der Waals surface area (Å²) < 4.78 is 5.54. The van der Waals surface area contributed by atoms with Crippen molar-refractivity contribution in [1.82, 2.24) is 5.32 Å². The lowest BCUT2D eigenvalue weighted by Gasteiger charge is -2.17. The zero-order valence-corrected chi connectivity index (χ0v) is 12.9. The SMILES string of the molecule is Cc1ccc(OCC(=O)NC(CO)c2ccccc2)c(C)c1. The van der Waals surface area contributed by atoms with Crippen molar-refractivity contribution in [3.63, 3.8) is 0 Å². The van der Waals surface area contributed by atoms with E-state index in [-0.39, 0.29) is 19.1 Å². The molecule has 116 valence electrons. The first-order valence-electron chi connectivity index (χ1n) is 7.25. The molecule has 1 unspecified atom stereocenters. The highest BCUT2D eigenvalue weighted by atomic mass is 16.5. The van der Waals surface area contributed by atoms with Gasteiger partial charge in [-0.15, -0.1) is 0 Å². The second-order valence-electron chi connectivity index (χ2n) is 5.27. The number of hydrogen-bond acceptors (Lipinski definition) is 3. The molecule has 0 saturated heterocycles. The van der Waals surface area contributed by atoms with Gasteiger partial charge in [0, 0.05) is 0 Å². The van der Waals surface area contributed by atoms with Crippen molar-refractivity contribution in [3.05, 3.63) is 65.2 Å². The Morgan fingerprint density at radius 2 is 1.91 bits per heavy atom. The highest BCUT2D eigenvalue weighted by Crippen LogP contribution is 2.18. The van der Waals surface area contributed by atoms with Gasteiger partial charge in [-0.3, -0.25) is 4.79 Å². The first kappa shape index (κ1) is 16.0. The molecule has 1 amide bonds. The molecule has 0 bridgehead atoms. The van der Waals surface area contributed by atoms with E-state index in [0.717, 1.165) is 16.7 Å². The number of benzene rings is 2. The second-order valence-corrected chi connectivity index (χ2v) is 5.27. The average Bonchev–Trinajstić information content (AvgIpc) is 2.52. The molecular weight excluding hydrogens is 278 g/mol. The van der Waals surface area contributed by atoms with Crippen molar-refractivity contribution in [3.8, 4) is 5.75 Å². The highest BCUT2D eigenvalue weighted by Gasteiger charge is 2.14. The maximum absolute atomic E-state index is 12.0. The Labute approximate surface area is 130 Å². The molecule has 1 atom stereocenters. The van der Waals surface area contributed by atoms with Gasteiger partial charge in [0.15, 0.2) is 6.61 Å². The Balaban J connectivity index is 1.92. The largest absolute Gasteiger partial charge is 0.484 e. The molecule has 2 N–H and O–H groups in total. The predicted molar refractivity (Wildman–Crippen MR) is 85.8 cm³/mol. The number of rotatable bonds is 6. The van der Waals surface area contributed by atoms with Gasteiger partial charge in [-0.2, -0.15) is 0 Å². The predicted octanol–water partition coefficient (Wildman–Crippen LogP) is 2.53. The molecule has 0 radical (unpaired) electrons. The van der Waals surface area contributed by atoms with Crippen LogP contribution in [0.15, 0.2) is 48.5 Å². The fourth-order valence-electron chi connectivity index (χ4n) is 2.26. The minimum Gasteiger partial charge on any atom is -0.484 e. The summed E-state index contributed by atoms with van der Waals surface area (Å²) >= 11 is 0. The molecule has 2 aromatic rings. The number of hydrogen-bond donors (Lipinski definition) is 2. The number of nitrogens with one attached hydrogen (secondary N) is 1. The van der Waals surface area contributed by atoms with Crippen LogP contribution in [0.2, 0.25) is 0 Å². The highest BCUT2D eigenvalue weighted by molar-refractivity contribution is 5.78. The van der Waals surface area contributed by atoms with Crippen LogP contribution in [0, 0.1) is 13.8 Å². The van der Waals surface area contributed by atoms with Crippen LogP contribution in [0.25, 0.3) is 0 Å². The van der Waals surface area contributed by atoms with Crippen molar-refractivity contribution in [2.75, 3.05) is 13.2 Å². The van der Waals surface area contributed by atoms with E-state index in [9.17, 15) is 9.90 Å². The fraction of sp³-hybridized carbons (Fsp3) is 0.278. The number of amides is 1. The van der Waals surface area contributed by atoms with Gasteiger partial charge in [-0.25, -0.2) is 0 Å². The summed E-state index contributed by atoms with van der Waals surface area (Å²) in [5.74, 6) is 0.434. The van der Waals surface area contributed by atoms with E-state index in [0.29, 0.717) is 5.75 Å². The van der Waals surface area contributed by atoms with Crippen molar-refractivity contribution in [1.29, 1.82) is 0 Å². The molecule has 4 heteroatoms. The van der Waals surface area contributed by atoms with E-state index in [4.69, 9.17) is 4.74 Å². The summed E-state index contributed by atoms with van der Waals surface area (Å²) in [5.41, 5.74) is 3.01. The zero-order chi connectivity index (χ0) is 15.9. The topological polar surface area (TPSA) is 58.6 Å². The van der Waals surface area contributed by atoms with Crippen molar-refractivity contribution < 1.29 is 14.6 Å². The number of aliphatic hydroxyl groups excluding tert-OH is 1. The second kappa shape index (κ2) is 7.61. The molecule has 0 aliphatic carbocycles. The van der Waals surface area contributed by atoms with Crippen molar-refractivity contribution >= 4 is 5.91 Å². The normalized spacial score (nSPS) is 11.8. The molecule has 0 aliphatic heterocycles. The Bertz CT molecular complexity index is 625. The molecule has 0 aliphatic rings. The molecule has 2 rings (SSSR count). The number of ether oxygens (including phenoxy) is 1. The molecule has 0 fully saturated rings. The Morgan fingerprint density at radius 3 is 2.55 bits per heavy atom. The summed E-state index contributed by atoms with van der Waals surface area (Å²) in [7, 11) is 0. The Kier molecular flexibility index (Phi) is 5.55. The number of aliphatic hydroxyl groups is 1. The summed E-state index contributed by atoms with van der Waals surface area (Å²) in [6.07, 6.45) is 0. The van der Waals surface area contributed by atoms with Gasteiger partial charge in [0.2, 0.25) is 0 Å². The first-order chi connectivity index (χ1) is 10.6. The maximum atomic E-state index is 12.0. The van der Waals surface area contributed by atoms with E-state index in [1.807, 2.05) is 62.4 Å². The van der Waals surface area contributed by atoms with E-state index in [1.54, 1.807) is 0 Å². The van der Waals surface area contributed by atoms with E-state index >= 15 is 0 Å². The zero-order valence-electron chi connectivity index (χ0n) is 12.9. The van der Waals surface area contributed by atoms with Gasteiger partial charge < -0.3 is 15.2 Å². The van der Waals surface area contributed by atoms with Crippen LogP contribution in [-0.4, -0.2) is 24.2 Å². The molecule has 0 aromatic heterocycles. The third-order valence-electron chi connectivity index (χ3n) is 3.41. The quantitative estimate of drug-likeness (QED) is 0.862. The van der Waals surface area contributed by atoms with Crippen LogP contribution in [0.3, 0.4) is 0 Å². The summed E-state index contributed by atoms with van der Waals surface area (Å²) in [6, 6.07) is 14.8. The van der Waals surface area contributed by atoms with Crippen LogP contribution in [0.1, 0.15) is 22.7 Å². The van der Waals surface area contributed by atoms with Gasteiger partial charge in [0.25, 0.3) is 5.91 Å². The summed E-state index contributed by atoms with van der Waals surface area (Å²) in [6.45, 7) is 3.72. The molecular formula is C18H21NO3. The van der Waals surface area contributed by atoms with E-state index in [2.05, 4.69) is 5.32 Å². The molecule has 22 heavy (non-hydrogen) atoms. The average molecular weight is 299 g/mol. The number of aryl methyl sites for hydroxylation is 2. The smallest absolute Gasteiger partial charge is 0.258 e. The summed E-state index contributed by atoms with van der Waals surface area (Å²) in [4.78, 5) is 12.0. The monoisotopic (exact) mass is 299 g/mol. The van der Waals surface area contributed by atoms with Crippen LogP contribution in [0.4, 0.5) is 0 Å².